The molecule has 0 saturated heterocycles. The van der Waals surface area contributed by atoms with Gasteiger partial charge < -0.3 is 14.7 Å². The Morgan fingerprint density at radius 3 is 2.59 bits per heavy atom. The molecule has 2 N–H and O–H groups in total. The van der Waals surface area contributed by atoms with Gasteiger partial charge in [0.15, 0.2) is 16.8 Å². The summed E-state index contributed by atoms with van der Waals surface area (Å²) in [5, 5.41) is 29.1. The monoisotopic (exact) mass is 402 g/mol. The van der Waals surface area contributed by atoms with Gasteiger partial charge in [0.1, 0.15) is 17.4 Å². The molecule has 0 bridgehead atoms. The molecule has 29 heavy (non-hydrogen) atoms. The van der Waals surface area contributed by atoms with E-state index in [0.29, 0.717) is 11.0 Å². The van der Waals surface area contributed by atoms with E-state index in [2.05, 4.69) is 26.2 Å². The molecule has 0 aliphatic heterocycles. The molecule has 1 atom stereocenters. The van der Waals surface area contributed by atoms with E-state index in [1.807, 2.05) is 73.1 Å². The highest BCUT2D eigenvalue weighted by Crippen LogP contribution is 2.31. The van der Waals surface area contributed by atoms with Crippen molar-refractivity contribution in [2.45, 2.75) is 17.3 Å². The lowest BCUT2D eigenvalue weighted by Crippen LogP contribution is -2.06. The standard InChI is InChI=1S/C21H18N6OS/c1-13(29-21-26-25-20(27(21)2)14-8-4-3-5-9-14)18(28)15(12-22)19-23-16-10-6-7-11-17(16)24-19/h3-11,13,28H,1-2H3,(H,23,24)/b18-15-/t13-/m1/s1. The number of aliphatic hydroxyl groups is 1. The number of allylic oxidation sites excluding steroid dienone is 1. The molecule has 8 heteroatoms. The summed E-state index contributed by atoms with van der Waals surface area (Å²) in [6, 6.07) is 19.3. The van der Waals surface area contributed by atoms with E-state index < -0.39 is 5.25 Å². The average molecular weight is 402 g/mol. The SMILES string of the molecule is C[C@@H](Sc1nnc(-c2ccccc2)n1C)/C(O)=C(\C#N)c1nc2ccccc2[nH]1. The molecule has 0 aliphatic carbocycles. The van der Waals surface area contributed by atoms with Crippen LogP contribution in [-0.4, -0.2) is 35.1 Å². The predicted molar refractivity (Wildman–Crippen MR) is 113 cm³/mol. The lowest BCUT2D eigenvalue weighted by atomic mass is 10.2. The van der Waals surface area contributed by atoms with Crippen LogP contribution in [0.1, 0.15) is 12.7 Å². The number of aromatic nitrogens is 5. The molecule has 4 rings (SSSR count). The zero-order valence-electron chi connectivity index (χ0n) is 15.9. The summed E-state index contributed by atoms with van der Waals surface area (Å²) in [4.78, 5) is 7.51. The first kappa shape index (κ1) is 18.8. The van der Waals surface area contributed by atoms with Crippen LogP contribution in [0.5, 0.6) is 0 Å². The van der Waals surface area contributed by atoms with Gasteiger partial charge in [-0.1, -0.05) is 54.2 Å². The minimum atomic E-state index is -0.413. The van der Waals surface area contributed by atoms with E-state index in [1.165, 1.54) is 11.8 Å². The summed E-state index contributed by atoms with van der Waals surface area (Å²) in [5.74, 6) is 1.03. The minimum Gasteiger partial charge on any atom is -0.510 e. The molecule has 0 saturated carbocycles. The van der Waals surface area contributed by atoms with Crippen molar-refractivity contribution >= 4 is 28.4 Å². The third-order valence-corrected chi connectivity index (χ3v) is 5.67. The largest absolute Gasteiger partial charge is 0.510 e. The molecule has 4 aromatic rings. The first-order valence-electron chi connectivity index (χ1n) is 8.98. The molecule has 0 fully saturated rings. The van der Waals surface area contributed by atoms with Crippen LogP contribution in [-0.2, 0) is 7.05 Å². The molecule has 0 radical (unpaired) electrons. The van der Waals surface area contributed by atoms with Gasteiger partial charge >= 0.3 is 0 Å². The maximum atomic E-state index is 10.8. The highest BCUT2D eigenvalue weighted by Gasteiger charge is 2.21. The van der Waals surface area contributed by atoms with E-state index in [9.17, 15) is 10.4 Å². The van der Waals surface area contributed by atoms with Gasteiger partial charge in [-0.25, -0.2) is 4.98 Å². The Balaban J connectivity index is 1.62. The molecule has 0 aliphatic rings. The van der Waals surface area contributed by atoms with Crippen molar-refractivity contribution in [2.75, 3.05) is 0 Å². The zero-order valence-corrected chi connectivity index (χ0v) is 16.7. The predicted octanol–water partition coefficient (Wildman–Crippen LogP) is 4.33. The summed E-state index contributed by atoms with van der Waals surface area (Å²) in [5.41, 5.74) is 2.63. The van der Waals surface area contributed by atoms with Gasteiger partial charge in [0.25, 0.3) is 0 Å². The number of nitriles is 1. The van der Waals surface area contributed by atoms with Gasteiger partial charge in [-0.3, -0.25) is 0 Å². The van der Waals surface area contributed by atoms with Crippen LogP contribution in [0.25, 0.3) is 28.0 Å². The van der Waals surface area contributed by atoms with Crippen molar-refractivity contribution < 1.29 is 5.11 Å². The maximum Gasteiger partial charge on any atom is 0.191 e. The van der Waals surface area contributed by atoms with Gasteiger partial charge in [0.05, 0.1) is 16.3 Å². The summed E-state index contributed by atoms with van der Waals surface area (Å²) < 4.78 is 1.87. The lowest BCUT2D eigenvalue weighted by molar-refractivity contribution is 0.401. The normalized spacial score (nSPS) is 13.1. The topological polar surface area (TPSA) is 103 Å². The second-order valence-electron chi connectivity index (χ2n) is 6.47. The van der Waals surface area contributed by atoms with E-state index in [1.54, 1.807) is 0 Å². The fraction of sp³-hybridized carbons (Fsp3) is 0.143. The summed E-state index contributed by atoms with van der Waals surface area (Å²) in [6.45, 7) is 1.82. The van der Waals surface area contributed by atoms with Gasteiger partial charge in [-0.2, -0.15) is 5.26 Å². The fourth-order valence-electron chi connectivity index (χ4n) is 2.98. The number of benzene rings is 2. The molecule has 7 nitrogen and oxygen atoms in total. The van der Waals surface area contributed by atoms with Crippen molar-refractivity contribution in [3.63, 3.8) is 0 Å². The van der Waals surface area contributed by atoms with E-state index >= 15 is 0 Å². The van der Waals surface area contributed by atoms with Crippen LogP contribution < -0.4 is 0 Å². The summed E-state index contributed by atoms with van der Waals surface area (Å²) in [7, 11) is 1.88. The second-order valence-corrected chi connectivity index (χ2v) is 7.77. The number of imidazole rings is 1. The van der Waals surface area contributed by atoms with Crippen LogP contribution >= 0.6 is 11.8 Å². The van der Waals surface area contributed by atoms with Crippen LogP contribution in [0.4, 0.5) is 0 Å². The third kappa shape index (κ3) is 3.60. The first-order chi connectivity index (χ1) is 14.1. The van der Waals surface area contributed by atoms with Gasteiger partial charge in [0.2, 0.25) is 0 Å². The summed E-state index contributed by atoms with van der Waals surface area (Å²) >= 11 is 1.33. The van der Waals surface area contributed by atoms with Gasteiger partial charge in [-0.05, 0) is 19.1 Å². The van der Waals surface area contributed by atoms with Crippen LogP contribution in [0.2, 0.25) is 0 Å². The Labute approximate surface area is 171 Å². The molecule has 2 aromatic heterocycles. The maximum absolute atomic E-state index is 10.8. The number of H-pyrrole nitrogens is 1. The number of hydrogen-bond donors (Lipinski definition) is 2. The molecule has 0 amide bonds. The van der Waals surface area contributed by atoms with Crippen molar-refractivity contribution in [3.05, 3.63) is 66.2 Å². The second kappa shape index (κ2) is 7.81. The molecular formula is C21H18N6OS. The van der Waals surface area contributed by atoms with Crippen molar-refractivity contribution in [1.82, 2.24) is 24.7 Å². The van der Waals surface area contributed by atoms with Gasteiger partial charge in [0, 0.05) is 12.6 Å². The Morgan fingerprint density at radius 1 is 1.14 bits per heavy atom. The number of aliphatic hydroxyl groups excluding tert-OH is 1. The van der Waals surface area contributed by atoms with E-state index in [4.69, 9.17) is 0 Å². The average Bonchev–Trinajstić information content (AvgIpc) is 3.33. The Morgan fingerprint density at radius 2 is 1.86 bits per heavy atom. The smallest absolute Gasteiger partial charge is 0.191 e. The quantitative estimate of drug-likeness (QED) is 0.292. The highest BCUT2D eigenvalue weighted by atomic mass is 32.2. The lowest BCUT2D eigenvalue weighted by Gasteiger charge is -2.11. The minimum absolute atomic E-state index is 0.0548. The van der Waals surface area contributed by atoms with Crippen molar-refractivity contribution in [2.24, 2.45) is 7.05 Å². The van der Waals surface area contributed by atoms with Crippen LogP contribution in [0, 0.1) is 11.3 Å². The Bertz CT molecular complexity index is 1200. The van der Waals surface area contributed by atoms with E-state index in [-0.39, 0.29) is 11.3 Å². The van der Waals surface area contributed by atoms with Crippen molar-refractivity contribution in [3.8, 4) is 17.5 Å². The molecule has 2 aromatic carbocycles. The first-order valence-corrected chi connectivity index (χ1v) is 9.86. The number of fused-ring (bicyclic) bond motifs is 1. The molecule has 0 unspecified atom stereocenters. The van der Waals surface area contributed by atoms with Crippen LogP contribution in [0.15, 0.2) is 65.5 Å². The number of hydrogen-bond acceptors (Lipinski definition) is 6. The number of nitrogens with zero attached hydrogens (tertiary/aromatic N) is 5. The van der Waals surface area contributed by atoms with Gasteiger partial charge in [-0.15, -0.1) is 10.2 Å². The Hall–Kier alpha value is -3.57. The fourth-order valence-corrected chi connectivity index (χ4v) is 3.85. The summed E-state index contributed by atoms with van der Waals surface area (Å²) in [6.07, 6.45) is 0. The molecular weight excluding hydrogens is 384 g/mol. The number of rotatable bonds is 5. The molecule has 144 valence electrons. The number of aromatic amines is 1. The third-order valence-electron chi connectivity index (χ3n) is 4.53. The van der Waals surface area contributed by atoms with E-state index in [0.717, 1.165) is 22.4 Å². The molecule has 2 heterocycles. The highest BCUT2D eigenvalue weighted by molar-refractivity contribution is 7.99. The van der Waals surface area contributed by atoms with Crippen LogP contribution in [0.3, 0.4) is 0 Å². The van der Waals surface area contributed by atoms with Crippen molar-refractivity contribution in [1.29, 1.82) is 5.26 Å². The molecule has 0 spiro atoms. The number of para-hydroxylation sites is 2. The number of nitrogens with one attached hydrogen (secondary N) is 1. The number of thioether (sulfide) groups is 1. The zero-order chi connectivity index (χ0) is 20.4. The Kier molecular flexibility index (Phi) is 5.06.